The van der Waals surface area contributed by atoms with Crippen LogP contribution in [0.25, 0.3) is 0 Å². The van der Waals surface area contributed by atoms with Gasteiger partial charge in [-0.05, 0) is 13.8 Å². The summed E-state index contributed by atoms with van der Waals surface area (Å²) in [6.45, 7) is 3.15. The number of rotatable bonds is 3. The van der Waals surface area contributed by atoms with Gasteiger partial charge in [0.2, 0.25) is 0 Å². The molecule has 0 saturated carbocycles. The Labute approximate surface area is 81.8 Å². The zero-order chi connectivity index (χ0) is 10.7. The minimum Gasteiger partial charge on any atom is -0.466 e. The van der Waals surface area contributed by atoms with E-state index in [1.165, 1.54) is 19.1 Å². The highest BCUT2D eigenvalue weighted by Crippen LogP contribution is 2.06. The third kappa shape index (κ3) is 2.97. The molecular formula is C10H14O4. The number of hydrogen-bond donors (Lipinski definition) is 2. The molecule has 1 aromatic rings. The van der Waals surface area contributed by atoms with Gasteiger partial charge in [-0.1, -0.05) is 0 Å². The van der Waals surface area contributed by atoms with Crippen LogP contribution in [0.4, 0.5) is 0 Å². The van der Waals surface area contributed by atoms with E-state index in [1.807, 2.05) is 0 Å². The summed E-state index contributed by atoms with van der Waals surface area (Å²) in [6.07, 6.45) is -1.59. The molecule has 0 amide bonds. The topological polar surface area (TPSA) is 70.7 Å². The third-order valence-electron chi connectivity index (χ3n) is 1.91. The van der Waals surface area contributed by atoms with Crippen molar-refractivity contribution >= 4 is 0 Å². The van der Waals surface area contributed by atoms with Crippen LogP contribution in [0.3, 0.4) is 0 Å². The first-order chi connectivity index (χ1) is 6.49. The van der Waals surface area contributed by atoms with E-state index in [9.17, 15) is 9.90 Å². The average Bonchev–Trinajstić information content (AvgIpc) is 2.01. The molecule has 0 saturated heterocycles. The molecule has 2 unspecified atom stereocenters. The van der Waals surface area contributed by atoms with Gasteiger partial charge in [-0.15, -0.1) is 0 Å². The molecule has 0 aliphatic carbocycles. The van der Waals surface area contributed by atoms with Crippen molar-refractivity contribution in [3.8, 4) is 0 Å². The molecule has 14 heavy (non-hydrogen) atoms. The molecule has 0 aromatic carbocycles. The quantitative estimate of drug-likeness (QED) is 0.729. The van der Waals surface area contributed by atoms with Crippen molar-refractivity contribution in [1.29, 1.82) is 0 Å². The second-order valence-electron chi connectivity index (χ2n) is 3.38. The zero-order valence-electron chi connectivity index (χ0n) is 8.23. The molecular weight excluding hydrogens is 184 g/mol. The highest BCUT2D eigenvalue weighted by Gasteiger charge is 2.13. The monoisotopic (exact) mass is 198 g/mol. The smallest absolute Gasteiger partial charge is 0.185 e. The molecule has 2 N–H and O–H groups in total. The summed E-state index contributed by atoms with van der Waals surface area (Å²) < 4.78 is 5.21. The fourth-order valence-electron chi connectivity index (χ4n) is 1.14. The Balaban J connectivity index is 2.82. The molecule has 1 aromatic heterocycles. The normalized spacial score (nSPS) is 15.1. The Kier molecular flexibility index (Phi) is 3.43. The second kappa shape index (κ2) is 4.39. The van der Waals surface area contributed by atoms with Crippen LogP contribution in [-0.2, 0) is 6.42 Å². The minimum atomic E-state index is -0.903. The highest BCUT2D eigenvalue weighted by molar-refractivity contribution is 5.06. The lowest BCUT2D eigenvalue weighted by Gasteiger charge is -2.12. The number of hydrogen-bond acceptors (Lipinski definition) is 4. The molecule has 4 nitrogen and oxygen atoms in total. The summed E-state index contributed by atoms with van der Waals surface area (Å²) in [5, 5.41) is 18.4. The summed E-state index contributed by atoms with van der Waals surface area (Å²) in [6, 6.07) is 2.69. The largest absolute Gasteiger partial charge is 0.466 e. The van der Waals surface area contributed by atoms with Gasteiger partial charge in [0, 0.05) is 18.6 Å². The molecule has 0 spiro atoms. The molecule has 0 bridgehead atoms. The van der Waals surface area contributed by atoms with Gasteiger partial charge in [0.05, 0.1) is 12.2 Å². The lowest BCUT2D eigenvalue weighted by molar-refractivity contribution is 0.0285. The van der Waals surface area contributed by atoms with Gasteiger partial charge in [-0.25, -0.2) is 0 Å². The van der Waals surface area contributed by atoms with E-state index in [4.69, 9.17) is 9.52 Å². The predicted octanol–water partition coefficient (Wildman–Crippen LogP) is 0.232. The summed E-state index contributed by atoms with van der Waals surface area (Å²) in [5.74, 6) is 0.897. The highest BCUT2D eigenvalue weighted by atomic mass is 16.3. The number of aliphatic hydroxyl groups is 2. The van der Waals surface area contributed by atoms with Crippen molar-refractivity contribution in [3.05, 3.63) is 33.9 Å². The lowest BCUT2D eigenvalue weighted by atomic mass is 10.1. The van der Waals surface area contributed by atoms with Crippen molar-refractivity contribution in [2.45, 2.75) is 32.5 Å². The minimum absolute atomic E-state index is 0.147. The Hall–Kier alpha value is -1.13. The standard InChI is InChI=1S/C10H14O4/c1-6-3-8(12)4-9(14-6)5-10(13)7(2)11/h3-4,7,10-11,13H,5H2,1-2H3. The molecule has 0 aliphatic heterocycles. The average molecular weight is 198 g/mol. The van der Waals surface area contributed by atoms with E-state index in [2.05, 4.69) is 0 Å². The molecule has 4 heteroatoms. The van der Waals surface area contributed by atoms with Crippen LogP contribution < -0.4 is 5.43 Å². The SMILES string of the molecule is Cc1cc(=O)cc(CC(O)C(C)O)o1. The summed E-state index contributed by atoms with van der Waals surface area (Å²) in [5.41, 5.74) is -0.151. The van der Waals surface area contributed by atoms with Crippen LogP contribution in [0, 0.1) is 6.92 Å². The van der Waals surface area contributed by atoms with Gasteiger partial charge in [0.1, 0.15) is 11.5 Å². The van der Waals surface area contributed by atoms with Crippen LogP contribution in [0.1, 0.15) is 18.4 Å². The van der Waals surface area contributed by atoms with Crippen LogP contribution >= 0.6 is 0 Å². The molecule has 78 valence electrons. The number of aliphatic hydroxyl groups excluding tert-OH is 2. The van der Waals surface area contributed by atoms with Gasteiger partial charge in [-0.3, -0.25) is 4.79 Å². The maximum Gasteiger partial charge on any atom is 0.185 e. The van der Waals surface area contributed by atoms with Crippen LogP contribution in [0.15, 0.2) is 21.3 Å². The molecule has 2 atom stereocenters. The Morgan fingerprint density at radius 2 is 2.07 bits per heavy atom. The van der Waals surface area contributed by atoms with Crippen molar-refractivity contribution < 1.29 is 14.6 Å². The molecule has 0 radical (unpaired) electrons. The zero-order valence-corrected chi connectivity index (χ0v) is 8.23. The van der Waals surface area contributed by atoms with Crippen molar-refractivity contribution in [2.24, 2.45) is 0 Å². The fraction of sp³-hybridized carbons (Fsp3) is 0.500. The third-order valence-corrected chi connectivity index (χ3v) is 1.91. The summed E-state index contributed by atoms with van der Waals surface area (Å²) in [4.78, 5) is 11.1. The van der Waals surface area contributed by atoms with Crippen LogP contribution in [0.2, 0.25) is 0 Å². The van der Waals surface area contributed by atoms with Gasteiger partial charge < -0.3 is 14.6 Å². The van der Waals surface area contributed by atoms with E-state index in [-0.39, 0.29) is 11.8 Å². The van der Waals surface area contributed by atoms with Crippen molar-refractivity contribution in [3.63, 3.8) is 0 Å². The first-order valence-electron chi connectivity index (χ1n) is 4.46. The first-order valence-corrected chi connectivity index (χ1v) is 4.46. The van der Waals surface area contributed by atoms with Gasteiger partial charge in [-0.2, -0.15) is 0 Å². The maximum atomic E-state index is 11.1. The number of aryl methyl sites for hydroxylation is 1. The van der Waals surface area contributed by atoms with E-state index >= 15 is 0 Å². The first kappa shape index (κ1) is 10.9. The summed E-state index contributed by atoms with van der Waals surface area (Å²) >= 11 is 0. The second-order valence-corrected chi connectivity index (χ2v) is 3.38. The van der Waals surface area contributed by atoms with E-state index < -0.39 is 12.2 Å². The van der Waals surface area contributed by atoms with Gasteiger partial charge in [0.15, 0.2) is 5.43 Å². The van der Waals surface area contributed by atoms with Crippen molar-refractivity contribution in [1.82, 2.24) is 0 Å². The molecule has 1 heterocycles. The molecule has 0 aliphatic rings. The Bertz CT molecular complexity index is 353. The van der Waals surface area contributed by atoms with E-state index in [1.54, 1.807) is 6.92 Å². The maximum absolute atomic E-state index is 11.1. The van der Waals surface area contributed by atoms with Crippen molar-refractivity contribution in [2.75, 3.05) is 0 Å². The summed E-state index contributed by atoms with van der Waals surface area (Å²) in [7, 11) is 0. The molecule has 0 fully saturated rings. The predicted molar refractivity (Wildman–Crippen MR) is 51.1 cm³/mol. The Morgan fingerprint density at radius 1 is 1.43 bits per heavy atom. The lowest BCUT2D eigenvalue weighted by Crippen LogP contribution is -2.25. The van der Waals surface area contributed by atoms with Crippen LogP contribution in [-0.4, -0.2) is 22.4 Å². The van der Waals surface area contributed by atoms with Gasteiger partial charge >= 0.3 is 0 Å². The fourth-order valence-corrected chi connectivity index (χ4v) is 1.14. The molecule has 1 rings (SSSR count). The van der Waals surface area contributed by atoms with Gasteiger partial charge in [0.25, 0.3) is 0 Å². The van der Waals surface area contributed by atoms with E-state index in [0.29, 0.717) is 11.5 Å². The van der Waals surface area contributed by atoms with Crippen LogP contribution in [0.5, 0.6) is 0 Å². The Morgan fingerprint density at radius 3 is 2.57 bits per heavy atom. The van der Waals surface area contributed by atoms with E-state index in [0.717, 1.165) is 0 Å².